The number of carbonyl (C=O) groups excluding carboxylic acids is 1. The van der Waals surface area contributed by atoms with Crippen LogP contribution in [0.4, 0.5) is 0 Å². The highest BCUT2D eigenvalue weighted by Gasteiger charge is 2.28. The summed E-state index contributed by atoms with van der Waals surface area (Å²) in [7, 11) is 0. The Kier molecular flexibility index (Phi) is 6.47. The molecule has 35 heavy (non-hydrogen) atoms. The van der Waals surface area contributed by atoms with Crippen molar-refractivity contribution in [3.05, 3.63) is 112 Å². The van der Waals surface area contributed by atoms with E-state index in [1.165, 1.54) is 11.1 Å². The molecule has 0 saturated carbocycles. The molecule has 6 nitrogen and oxygen atoms in total. The molecule has 0 N–H and O–H groups in total. The number of nitrogens with zero attached hydrogens (tertiary/aromatic N) is 4. The zero-order valence-electron chi connectivity index (χ0n) is 20.2. The fourth-order valence-electron chi connectivity index (χ4n) is 5.07. The molecule has 4 aromatic rings. The molecule has 0 aliphatic carbocycles. The molecule has 5 rings (SSSR count). The van der Waals surface area contributed by atoms with Crippen molar-refractivity contribution in [3.8, 4) is 0 Å². The van der Waals surface area contributed by atoms with Crippen LogP contribution in [0.5, 0.6) is 0 Å². The van der Waals surface area contributed by atoms with Crippen molar-refractivity contribution in [1.82, 2.24) is 19.4 Å². The maximum atomic E-state index is 13.4. The van der Waals surface area contributed by atoms with E-state index in [1.807, 2.05) is 42.2 Å². The fraction of sp³-hybridized carbons (Fsp3) is 0.276. The lowest BCUT2D eigenvalue weighted by molar-refractivity contribution is 0.0597. The summed E-state index contributed by atoms with van der Waals surface area (Å²) in [5.74, 6) is 0.0104. The number of carbonyl (C=O) groups is 1. The van der Waals surface area contributed by atoms with Crippen LogP contribution in [0.25, 0.3) is 11.0 Å². The van der Waals surface area contributed by atoms with E-state index in [4.69, 9.17) is 0 Å². The zero-order valence-corrected chi connectivity index (χ0v) is 20.2. The van der Waals surface area contributed by atoms with E-state index in [2.05, 4.69) is 58.4 Å². The smallest absolute Gasteiger partial charge is 0.272 e. The van der Waals surface area contributed by atoms with Crippen LogP contribution < -0.4 is 5.56 Å². The molecule has 1 amide bonds. The van der Waals surface area contributed by atoms with E-state index < -0.39 is 0 Å². The first-order valence-corrected chi connectivity index (χ1v) is 12.2. The SMILES string of the molecule is CCn1c(=O)c(C)nc2cc(C(=O)N3CCN(C(c4ccccc4)c4ccccc4)CC3)ccc21. The fourth-order valence-corrected chi connectivity index (χ4v) is 5.07. The van der Waals surface area contributed by atoms with Gasteiger partial charge in [-0.05, 0) is 43.2 Å². The summed E-state index contributed by atoms with van der Waals surface area (Å²) in [4.78, 5) is 34.6. The van der Waals surface area contributed by atoms with Crippen LogP contribution >= 0.6 is 0 Å². The van der Waals surface area contributed by atoms with Crippen LogP contribution in [0, 0.1) is 6.92 Å². The molecular formula is C29H30N4O2. The second-order valence-electron chi connectivity index (χ2n) is 9.00. The van der Waals surface area contributed by atoms with E-state index in [0.717, 1.165) is 18.6 Å². The summed E-state index contributed by atoms with van der Waals surface area (Å²) >= 11 is 0. The summed E-state index contributed by atoms with van der Waals surface area (Å²) < 4.78 is 1.71. The number of piperazine rings is 1. The van der Waals surface area contributed by atoms with Crippen LogP contribution in [0.15, 0.2) is 83.7 Å². The topological polar surface area (TPSA) is 58.4 Å². The predicted octanol–water partition coefficient (Wildman–Crippen LogP) is 4.27. The lowest BCUT2D eigenvalue weighted by Crippen LogP contribution is -2.49. The Hall–Kier alpha value is -3.77. The molecule has 1 aromatic heterocycles. The summed E-state index contributed by atoms with van der Waals surface area (Å²) in [5.41, 5.74) is 4.95. The Balaban J connectivity index is 1.36. The van der Waals surface area contributed by atoms with Crippen molar-refractivity contribution in [2.75, 3.05) is 26.2 Å². The monoisotopic (exact) mass is 466 g/mol. The van der Waals surface area contributed by atoms with Crippen LogP contribution in [-0.2, 0) is 6.54 Å². The molecule has 3 aromatic carbocycles. The molecular weight excluding hydrogens is 436 g/mol. The number of benzene rings is 3. The Bertz CT molecular complexity index is 1350. The Morgan fingerprint density at radius 1 is 0.886 bits per heavy atom. The van der Waals surface area contributed by atoms with Gasteiger partial charge in [0.25, 0.3) is 11.5 Å². The molecule has 0 atom stereocenters. The van der Waals surface area contributed by atoms with Gasteiger partial charge < -0.3 is 9.47 Å². The highest BCUT2D eigenvalue weighted by molar-refractivity contribution is 5.97. The van der Waals surface area contributed by atoms with Gasteiger partial charge >= 0.3 is 0 Å². The van der Waals surface area contributed by atoms with Crippen molar-refractivity contribution in [2.24, 2.45) is 0 Å². The first-order chi connectivity index (χ1) is 17.1. The van der Waals surface area contributed by atoms with Crippen molar-refractivity contribution >= 4 is 16.9 Å². The Morgan fingerprint density at radius 2 is 1.49 bits per heavy atom. The number of aryl methyl sites for hydroxylation is 2. The minimum Gasteiger partial charge on any atom is -0.336 e. The highest BCUT2D eigenvalue weighted by atomic mass is 16.2. The third-order valence-electron chi connectivity index (χ3n) is 6.87. The maximum Gasteiger partial charge on any atom is 0.272 e. The van der Waals surface area contributed by atoms with Crippen LogP contribution in [0.3, 0.4) is 0 Å². The standard InChI is InChI=1S/C29H30N4O2/c1-3-33-26-15-14-24(20-25(26)30-21(2)28(33)34)29(35)32-18-16-31(17-19-32)27(22-10-6-4-7-11-22)23-12-8-5-9-13-23/h4-15,20,27H,3,16-19H2,1-2H3. The van der Waals surface area contributed by atoms with E-state index in [-0.39, 0.29) is 17.5 Å². The van der Waals surface area contributed by atoms with Gasteiger partial charge in [-0.25, -0.2) is 4.98 Å². The normalized spacial score (nSPS) is 14.5. The third kappa shape index (κ3) is 4.49. The minimum atomic E-state index is -0.0819. The van der Waals surface area contributed by atoms with E-state index in [9.17, 15) is 9.59 Å². The molecule has 0 spiro atoms. The van der Waals surface area contributed by atoms with E-state index >= 15 is 0 Å². The van der Waals surface area contributed by atoms with Crippen molar-refractivity contribution < 1.29 is 4.79 Å². The van der Waals surface area contributed by atoms with E-state index in [1.54, 1.807) is 11.5 Å². The Morgan fingerprint density at radius 3 is 2.06 bits per heavy atom. The third-order valence-corrected chi connectivity index (χ3v) is 6.87. The number of amides is 1. The molecule has 0 bridgehead atoms. The van der Waals surface area contributed by atoms with E-state index in [0.29, 0.717) is 36.4 Å². The van der Waals surface area contributed by atoms with Gasteiger partial charge in [0.05, 0.1) is 17.1 Å². The van der Waals surface area contributed by atoms with Gasteiger partial charge in [0.1, 0.15) is 5.69 Å². The van der Waals surface area contributed by atoms with Gasteiger partial charge in [-0.3, -0.25) is 14.5 Å². The predicted molar refractivity (Wildman–Crippen MR) is 139 cm³/mol. The maximum absolute atomic E-state index is 13.4. The average molecular weight is 467 g/mol. The lowest BCUT2D eigenvalue weighted by Gasteiger charge is -2.39. The molecule has 1 saturated heterocycles. The van der Waals surface area contributed by atoms with Gasteiger partial charge in [0.15, 0.2) is 0 Å². The van der Waals surface area contributed by atoms with Crippen LogP contribution in [0.2, 0.25) is 0 Å². The molecule has 1 fully saturated rings. The lowest BCUT2D eigenvalue weighted by atomic mass is 9.96. The van der Waals surface area contributed by atoms with Gasteiger partial charge in [-0.1, -0.05) is 60.7 Å². The first kappa shape index (κ1) is 23.0. The molecule has 6 heteroatoms. The second-order valence-corrected chi connectivity index (χ2v) is 9.00. The molecule has 0 unspecified atom stereocenters. The summed E-state index contributed by atoms with van der Waals surface area (Å²) in [6.45, 7) is 7.13. The molecule has 0 radical (unpaired) electrons. The number of hydrogen-bond donors (Lipinski definition) is 0. The zero-order chi connectivity index (χ0) is 24.4. The molecule has 1 aliphatic rings. The molecule has 1 aliphatic heterocycles. The average Bonchev–Trinajstić information content (AvgIpc) is 2.91. The van der Waals surface area contributed by atoms with Gasteiger partial charge in [-0.15, -0.1) is 0 Å². The van der Waals surface area contributed by atoms with Gasteiger partial charge in [0, 0.05) is 38.3 Å². The second kappa shape index (κ2) is 9.84. The van der Waals surface area contributed by atoms with Crippen LogP contribution in [0.1, 0.15) is 40.1 Å². The van der Waals surface area contributed by atoms with Crippen LogP contribution in [-0.4, -0.2) is 51.4 Å². The van der Waals surface area contributed by atoms with Crippen molar-refractivity contribution in [1.29, 1.82) is 0 Å². The van der Waals surface area contributed by atoms with Crippen molar-refractivity contribution in [2.45, 2.75) is 26.4 Å². The highest BCUT2D eigenvalue weighted by Crippen LogP contribution is 2.29. The number of hydrogen-bond acceptors (Lipinski definition) is 4. The number of aromatic nitrogens is 2. The molecule has 2 heterocycles. The number of rotatable bonds is 5. The summed E-state index contributed by atoms with van der Waals surface area (Å²) in [6.07, 6.45) is 0. The summed E-state index contributed by atoms with van der Waals surface area (Å²) in [6, 6.07) is 26.8. The summed E-state index contributed by atoms with van der Waals surface area (Å²) in [5, 5.41) is 0. The van der Waals surface area contributed by atoms with Crippen molar-refractivity contribution in [3.63, 3.8) is 0 Å². The quantitative estimate of drug-likeness (QED) is 0.441. The Labute approximate surface area is 205 Å². The number of fused-ring (bicyclic) bond motifs is 1. The van der Waals surface area contributed by atoms with Gasteiger partial charge in [-0.2, -0.15) is 0 Å². The first-order valence-electron chi connectivity index (χ1n) is 12.2. The largest absolute Gasteiger partial charge is 0.336 e. The minimum absolute atomic E-state index is 0.0104. The molecule has 178 valence electrons. The van der Waals surface area contributed by atoms with Gasteiger partial charge in [0.2, 0.25) is 0 Å².